The van der Waals surface area contributed by atoms with Gasteiger partial charge in [0.15, 0.2) is 23.3 Å². The lowest BCUT2D eigenvalue weighted by atomic mass is 9.92. The summed E-state index contributed by atoms with van der Waals surface area (Å²) in [5.74, 6) is 3.65. The topological polar surface area (TPSA) is 54.2 Å². The summed E-state index contributed by atoms with van der Waals surface area (Å²) in [4.78, 5) is 5.57. The highest BCUT2D eigenvalue weighted by atomic mass is 19.1. The maximum absolute atomic E-state index is 13.5. The van der Waals surface area contributed by atoms with Gasteiger partial charge >= 0.3 is 0 Å². The van der Waals surface area contributed by atoms with Gasteiger partial charge in [-0.2, -0.15) is 0 Å². The van der Waals surface area contributed by atoms with Gasteiger partial charge in [-0.25, -0.2) is 19.6 Å². The summed E-state index contributed by atoms with van der Waals surface area (Å²) in [6, 6.07) is 1.09. The number of aromatic nitrogens is 1. The lowest BCUT2D eigenvalue weighted by Gasteiger charge is -2.35. The summed E-state index contributed by atoms with van der Waals surface area (Å²) in [5, 5.41) is 0. The fourth-order valence-corrected chi connectivity index (χ4v) is 1.75. The zero-order valence-corrected chi connectivity index (χ0v) is 9.00. The molecule has 1 saturated carbocycles. The van der Waals surface area contributed by atoms with Crippen LogP contribution >= 0.6 is 0 Å². The molecule has 1 aliphatic rings. The molecular weight excluding hydrogens is 214 g/mol. The van der Waals surface area contributed by atoms with Crippen LogP contribution in [0.15, 0.2) is 6.07 Å². The Labute approximate surface area is 92.4 Å². The van der Waals surface area contributed by atoms with Crippen LogP contribution in [0.4, 0.5) is 20.4 Å². The maximum Gasteiger partial charge on any atom is 0.178 e. The predicted molar refractivity (Wildman–Crippen MR) is 58.0 cm³/mol. The molecule has 0 aliphatic heterocycles. The highest BCUT2D eigenvalue weighted by Crippen LogP contribution is 2.29. The second kappa shape index (κ2) is 4.21. The van der Waals surface area contributed by atoms with Gasteiger partial charge in [0, 0.05) is 19.2 Å². The van der Waals surface area contributed by atoms with Crippen molar-refractivity contribution in [3.63, 3.8) is 0 Å². The second-order valence-electron chi connectivity index (χ2n) is 3.96. The number of anilines is 2. The molecule has 6 heteroatoms. The van der Waals surface area contributed by atoms with Gasteiger partial charge < -0.3 is 10.3 Å². The smallest absolute Gasteiger partial charge is 0.178 e. The molecule has 1 aliphatic carbocycles. The number of halogens is 2. The first-order valence-corrected chi connectivity index (χ1v) is 5.19. The molecule has 0 amide bonds. The molecule has 1 fully saturated rings. The first-order valence-electron chi connectivity index (χ1n) is 5.19. The van der Waals surface area contributed by atoms with Crippen molar-refractivity contribution < 1.29 is 8.78 Å². The molecule has 4 nitrogen and oxygen atoms in total. The van der Waals surface area contributed by atoms with E-state index in [2.05, 4.69) is 10.4 Å². The Bertz CT molecular complexity index is 393. The molecule has 1 heterocycles. The number of nitrogens with zero attached hydrogens (tertiary/aromatic N) is 2. The van der Waals surface area contributed by atoms with Gasteiger partial charge in [-0.15, -0.1) is 0 Å². The summed E-state index contributed by atoms with van der Waals surface area (Å²) in [7, 11) is 1.76. The molecule has 2 rings (SSSR count). The van der Waals surface area contributed by atoms with Crippen LogP contribution in [0.1, 0.15) is 19.3 Å². The molecule has 0 spiro atoms. The number of hydrazine groups is 1. The van der Waals surface area contributed by atoms with E-state index in [4.69, 9.17) is 5.84 Å². The predicted octanol–water partition coefficient (Wildman–Crippen LogP) is 1.63. The van der Waals surface area contributed by atoms with Crippen LogP contribution < -0.4 is 16.2 Å². The first-order chi connectivity index (χ1) is 7.63. The average Bonchev–Trinajstić information content (AvgIpc) is 2.15. The van der Waals surface area contributed by atoms with Gasteiger partial charge in [-0.3, -0.25) is 0 Å². The van der Waals surface area contributed by atoms with Crippen molar-refractivity contribution in [3.05, 3.63) is 17.7 Å². The monoisotopic (exact) mass is 228 g/mol. The largest absolute Gasteiger partial charge is 0.354 e. The molecule has 1 aromatic rings. The fourth-order valence-electron chi connectivity index (χ4n) is 1.75. The van der Waals surface area contributed by atoms with Crippen LogP contribution in [0.2, 0.25) is 0 Å². The van der Waals surface area contributed by atoms with Crippen molar-refractivity contribution in [1.29, 1.82) is 0 Å². The van der Waals surface area contributed by atoms with Crippen molar-refractivity contribution in [3.8, 4) is 0 Å². The standard InChI is InChI=1S/C10H14F2N4/c1-16(6-3-2-4-6)10-8(12)5-7(11)9(14-10)15-13/h5-6H,2-4,13H2,1H3,(H,14,15). The van der Waals surface area contributed by atoms with E-state index in [0.717, 1.165) is 25.3 Å². The quantitative estimate of drug-likeness (QED) is 0.610. The summed E-state index contributed by atoms with van der Waals surface area (Å²) in [6.07, 6.45) is 3.17. The van der Waals surface area contributed by atoms with Crippen LogP contribution in [-0.2, 0) is 0 Å². The molecule has 0 unspecified atom stereocenters. The van der Waals surface area contributed by atoms with E-state index in [9.17, 15) is 8.78 Å². The van der Waals surface area contributed by atoms with Crippen molar-refractivity contribution >= 4 is 11.6 Å². The third-order valence-corrected chi connectivity index (χ3v) is 3.00. The Morgan fingerprint density at radius 2 is 2.12 bits per heavy atom. The highest BCUT2D eigenvalue weighted by molar-refractivity contribution is 5.49. The van der Waals surface area contributed by atoms with Gasteiger partial charge in [0.2, 0.25) is 0 Å². The number of hydrogen-bond acceptors (Lipinski definition) is 4. The van der Waals surface area contributed by atoms with Crippen LogP contribution in [0.3, 0.4) is 0 Å². The SMILES string of the molecule is CN(c1nc(NN)c(F)cc1F)C1CCC1. The normalized spacial score (nSPS) is 15.8. The number of rotatable bonds is 3. The zero-order chi connectivity index (χ0) is 11.7. The van der Waals surface area contributed by atoms with E-state index < -0.39 is 11.6 Å². The van der Waals surface area contributed by atoms with Gasteiger partial charge in [0.1, 0.15) is 0 Å². The molecule has 0 bridgehead atoms. The molecule has 88 valence electrons. The second-order valence-corrected chi connectivity index (χ2v) is 3.96. The van der Waals surface area contributed by atoms with Crippen LogP contribution in [0, 0.1) is 11.6 Å². The van der Waals surface area contributed by atoms with Crippen LogP contribution in [0.5, 0.6) is 0 Å². The average molecular weight is 228 g/mol. The van der Waals surface area contributed by atoms with Crippen molar-refractivity contribution in [1.82, 2.24) is 4.98 Å². The number of nitrogens with two attached hydrogens (primary N) is 1. The van der Waals surface area contributed by atoms with Gasteiger partial charge in [0.05, 0.1) is 0 Å². The number of nitrogen functional groups attached to an aromatic ring is 1. The summed E-state index contributed by atoms with van der Waals surface area (Å²) in [5.41, 5.74) is 2.11. The molecule has 0 atom stereocenters. The zero-order valence-electron chi connectivity index (χ0n) is 9.00. The Morgan fingerprint density at radius 1 is 1.44 bits per heavy atom. The molecule has 0 aromatic carbocycles. The van der Waals surface area contributed by atoms with Crippen LogP contribution in [-0.4, -0.2) is 18.1 Å². The molecule has 1 aromatic heterocycles. The summed E-state index contributed by atoms with van der Waals surface area (Å²) < 4.78 is 26.7. The maximum atomic E-state index is 13.5. The minimum atomic E-state index is -0.786. The van der Waals surface area contributed by atoms with E-state index >= 15 is 0 Å². The lowest BCUT2D eigenvalue weighted by Crippen LogP contribution is -2.38. The molecular formula is C10H14F2N4. The summed E-state index contributed by atoms with van der Waals surface area (Å²) >= 11 is 0. The first kappa shape index (κ1) is 11.1. The van der Waals surface area contributed by atoms with Gasteiger partial charge in [0.25, 0.3) is 0 Å². The highest BCUT2D eigenvalue weighted by Gasteiger charge is 2.25. The van der Waals surface area contributed by atoms with Gasteiger partial charge in [-0.1, -0.05) is 0 Å². The Balaban J connectivity index is 2.31. The molecule has 0 saturated heterocycles. The van der Waals surface area contributed by atoms with E-state index in [0.29, 0.717) is 0 Å². The van der Waals surface area contributed by atoms with E-state index in [-0.39, 0.29) is 17.7 Å². The third-order valence-electron chi connectivity index (χ3n) is 3.00. The Kier molecular flexibility index (Phi) is 2.91. The minimum Gasteiger partial charge on any atom is -0.354 e. The molecule has 0 radical (unpaired) electrons. The number of hydrogen-bond donors (Lipinski definition) is 2. The fraction of sp³-hybridized carbons (Fsp3) is 0.500. The minimum absolute atomic E-state index is 0.137. The Hall–Kier alpha value is -1.43. The molecule has 16 heavy (non-hydrogen) atoms. The molecule has 3 N–H and O–H groups in total. The van der Waals surface area contributed by atoms with Crippen molar-refractivity contribution in [2.45, 2.75) is 25.3 Å². The number of pyridine rings is 1. The van der Waals surface area contributed by atoms with Crippen molar-refractivity contribution in [2.24, 2.45) is 5.84 Å². The number of nitrogens with one attached hydrogen (secondary N) is 1. The summed E-state index contributed by atoms with van der Waals surface area (Å²) in [6.45, 7) is 0. The van der Waals surface area contributed by atoms with Crippen molar-refractivity contribution in [2.75, 3.05) is 17.4 Å². The third kappa shape index (κ3) is 1.80. The van der Waals surface area contributed by atoms with E-state index in [1.165, 1.54) is 0 Å². The van der Waals surface area contributed by atoms with Crippen LogP contribution in [0.25, 0.3) is 0 Å². The van der Waals surface area contributed by atoms with E-state index in [1.54, 1.807) is 11.9 Å². The Morgan fingerprint density at radius 3 is 2.62 bits per heavy atom. The lowest BCUT2D eigenvalue weighted by molar-refractivity contribution is 0.395. The van der Waals surface area contributed by atoms with Gasteiger partial charge in [-0.05, 0) is 19.3 Å². The van der Waals surface area contributed by atoms with E-state index in [1.807, 2.05) is 0 Å².